The molecule has 2 amide bonds. The van der Waals surface area contributed by atoms with Crippen LogP contribution in [0.25, 0.3) is 0 Å². The van der Waals surface area contributed by atoms with Gasteiger partial charge in [0.2, 0.25) is 0 Å². The second kappa shape index (κ2) is 15.6. The Morgan fingerprint density at radius 3 is 2.53 bits per heavy atom. The predicted octanol–water partition coefficient (Wildman–Crippen LogP) is 8.29. The molecule has 2 aromatic carbocycles. The molecule has 2 saturated carbocycles. The minimum atomic E-state index is -0.668. The summed E-state index contributed by atoms with van der Waals surface area (Å²) in [5, 5.41) is 5.87. The van der Waals surface area contributed by atoms with Crippen LogP contribution < -0.4 is 15.5 Å². The number of hydrogen-bond acceptors (Lipinski definition) is 7. The van der Waals surface area contributed by atoms with E-state index in [4.69, 9.17) is 9.15 Å². The van der Waals surface area contributed by atoms with Crippen molar-refractivity contribution in [3.8, 4) is 0 Å². The van der Waals surface area contributed by atoms with Gasteiger partial charge in [-0.05, 0) is 108 Å². The zero-order valence-corrected chi connectivity index (χ0v) is 29.7. The minimum Gasteiger partial charge on any atom is -0.460 e. The van der Waals surface area contributed by atoms with E-state index in [9.17, 15) is 14.4 Å². The number of anilines is 2. The molecule has 0 aliphatic heterocycles. The molecule has 2 N–H and O–H groups in total. The Kier molecular flexibility index (Phi) is 11.5. The first kappa shape index (κ1) is 36.1. The number of hydrogen-bond donors (Lipinski definition) is 2. The van der Waals surface area contributed by atoms with Crippen molar-refractivity contribution in [3.63, 3.8) is 0 Å². The lowest BCUT2D eigenvalue weighted by molar-refractivity contribution is -0.161. The Labute approximate surface area is 289 Å². The van der Waals surface area contributed by atoms with E-state index in [1.54, 1.807) is 0 Å². The number of halogens is 1. The molecule has 1 aromatic heterocycles. The third kappa shape index (κ3) is 9.49. The number of carbonyl (C=O) groups is 3. The van der Waals surface area contributed by atoms with Gasteiger partial charge in [-0.15, -0.1) is 0 Å². The number of oxazole rings is 1. The summed E-state index contributed by atoms with van der Waals surface area (Å²) in [5.41, 5.74) is 2.67. The van der Waals surface area contributed by atoms with Crippen molar-refractivity contribution < 1.29 is 27.9 Å². The third-order valence-electron chi connectivity index (χ3n) is 9.38. The fourth-order valence-electron chi connectivity index (χ4n) is 6.60. The highest BCUT2D eigenvalue weighted by molar-refractivity contribution is 6.04. The summed E-state index contributed by atoms with van der Waals surface area (Å²) in [6.07, 6.45) is 7.50. The number of ether oxygens (including phenoxy) is 1. The molecule has 2 aliphatic carbocycles. The number of benzene rings is 2. The van der Waals surface area contributed by atoms with E-state index in [-0.39, 0.29) is 41.0 Å². The van der Waals surface area contributed by atoms with Crippen LogP contribution in [-0.4, -0.2) is 47.5 Å². The Morgan fingerprint density at radius 1 is 1.08 bits per heavy atom. The molecule has 0 saturated heterocycles. The fourth-order valence-corrected chi connectivity index (χ4v) is 6.60. The molecule has 5 rings (SSSR count). The molecule has 0 bridgehead atoms. The molecule has 1 heterocycles. The molecule has 10 heteroatoms. The highest BCUT2D eigenvalue weighted by Crippen LogP contribution is 2.39. The Bertz CT molecular complexity index is 1640. The normalized spacial score (nSPS) is 18.4. The number of carbonyl (C=O) groups excluding carboxylic acids is 3. The number of aromatic nitrogens is 1. The second-order valence-electron chi connectivity index (χ2n) is 14.7. The largest absolute Gasteiger partial charge is 0.460 e. The van der Waals surface area contributed by atoms with Crippen LogP contribution in [0.1, 0.15) is 136 Å². The van der Waals surface area contributed by atoms with Gasteiger partial charge in [0.15, 0.2) is 11.6 Å². The quantitative estimate of drug-likeness (QED) is 0.175. The molecular weight excluding hydrogens is 623 g/mol. The van der Waals surface area contributed by atoms with E-state index in [1.807, 2.05) is 39.8 Å². The summed E-state index contributed by atoms with van der Waals surface area (Å²) in [7, 11) is 0. The zero-order chi connectivity index (χ0) is 35.3. The number of nitrogens with zero attached hydrogens (tertiary/aromatic N) is 2. The molecule has 3 unspecified atom stereocenters. The molecule has 3 atom stereocenters. The molecule has 2 fully saturated rings. The molecule has 49 heavy (non-hydrogen) atoms. The van der Waals surface area contributed by atoms with Gasteiger partial charge in [-0.2, -0.15) is 0 Å². The van der Waals surface area contributed by atoms with Crippen LogP contribution in [0.5, 0.6) is 0 Å². The van der Waals surface area contributed by atoms with E-state index in [0.717, 1.165) is 44.5 Å². The van der Waals surface area contributed by atoms with Gasteiger partial charge in [0.1, 0.15) is 17.7 Å². The number of amides is 2. The monoisotopic (exact) mass is 674 g/mol. The lowest BCUT2D eigenvalue weighted by Crippen LogP contribution is -2.41. The maximum absolute atomic E-state index is 15.9. The zero-order valence-electron chi connectivity index (χ0n) is 29.7. The van der Waals surface area contributed by atoms with Crippen LogP contribution >= 0.6 is 0 Å². The molecule has 9 nitrogen and oxygen atoms in total. The van der Waals surface area contributed by atoms with E-state index in [2.05, 4.69) is 46.5 Å². The van der Waals surface area contributed by atoms with Crippen molar-refractivity contribution in [2.24, 2.45) is 5.92 Å². The smallest absolute Gasteiger partial charge is 0.309 e. The lowest BCUT2D eigenvalue weighted by Gasteiger charge is -2.31. The van der Waals surface area contributed by atoms with Crippen molar-refractivity contribution in [3.05, 3.63) is 76.8 Å². The van der Waals surface area contributed by atoms with Crippen LogP contribution in [0, 0.1) is 18.7 Å². The van der Waals surface area contributed by atoms with Crippen LogP contribution in [0.4, 0.5) is 15.8 Å². The first-order valence-corrected chi connectivity index (χ1v) is 17.8. The second-order valence-corrected chi connectivity index (χ2v) is 14.7. The van der Waals surface area contributed by atoms with Gasteiger partial charge in [-0.3, -0.25) is 14.4 Å². The van der Waals surface area contributed by atoms with Gasteiger partial charge >= 0.3 is 5.97 Å². The average molecular weight is 675 g/mol. The van der Waals surface area contributed by atoms with Crippen LogP contribution in [0.15, 0.2) is 47.1 Å². The minimum absolute atomic E-state index is 0.139. The fraction of sp³-hybridized carbons (Fsp3) is 0.538. The molecule has 3 aromatic rings. The van der Waals surface area contributed by atoms with E-state index in [1.165, 1.54) is 24.0 Å². The Balaban J connectivity index is 1.36. The summed E-state index contributed by atoms with van der Waals surface area (Å²) in [5.74, 6) is -1.73. The molecule has 0 spiro atoms. The third-order valence-corrected chi connectivity index (χ3v) is 9.38. The molecular formula is C39H51FN4O5. The van der Waals surface area contributed by atoms with Crippen molar-refractivity contribution in [1.29, 1.82) is 0 Å². The highest BCUT2D eigenvalue weighted by Gasteiger charge is 2.33. The standard InChI is InChI=1S/C39H51FN4O5/c1-7-18-44(34-14-9-8-11-25(34)3)19-17-24(2)29-21-31(40)30(22-32(29)42-36(46)33-23-48-37(43-33)26-15-16-26)35(45)41-28-13-10-12-27(20-28)38(47)49-39(4,5)6/h8-9,11,14,21-24,26-28H,7,10,12-13,15-20H2,1-6H3,(H,41,45)(H,42,46). The first-order chi connectivity index (χ1) is 23.3. The summed E-state index contributed by atoms with van der Waals surface area (Å²) < 4.78 is 27.0. The Hall–Kier alpha value is -4.21. The first-order valence-electron chi connectivity index (χ1n) is 17.8. The van der Waals surface area contributed by atoms with Crippen molar-refractivity contribution in [2.45, 2.75) is 116 Å². The van der Waals surface area contributed by atoms with Crippen molar-refractivity contribution in [2.75, 3.05) is 23.3 Å². The van der Waals surface area contributed by atoms with E-state index < -0.39 is 23.2 Å². The predicted molar refractivity (Wildman–Crippen MR) is 189 cm³/mol. The maximum atomic E-state index is 15.9. The van der Waals surface area contributed by atoms with E-state index >= 15 is 4.39 Å². The SMILES string of the molecule is CCCN(CCC(C)c1cc(F)c(C(=O)NC2CCCC(C(=O)OC(C)(C)C)C2)cc1NC(=O)c1coc(C2CC2)n1)c1ccccc1C. The number of para-hydroxylation sites is 1. The van der Waals surface area contributed by atoms with Gasteiger partial charge in [0.25, 0.3) is 11.8 Å². The van der Waals surface area contributed by atoms with Crippen LogP contribution in [-0.2, 0) is 9.53 Å². The van der Waals surface area contributed by atoms with Crippen molar-refractivity contribution >= 4 is 29.2 Å². The number of esters is 1. The lowest BCUT2D eigenvalue weighted by atomic mass is 9.85. The summed E-state index contributed by atoms with van der Waals surface area (Å²) in [4.78, 5) is 46.5. The highest BCUT2D eigenvalue weighted by atomic mass is 19.1. The summed E-state index contributed by atoms with van der Waals surface area (Å²) >= 11 is 0. The Morgan fingerprint density at radius 2 is 1.84 bits per heavy atom. The topological polar surface area (TPSA) is 114 Å². The molecule has 264 valence electrons. The summed E-state index contributed by atoms with van der Waals surface area (Å²) in [6, 6.07) is 10.8. The molecule has 2 aliphatic rings. The molecule has 0 radical (unpaired) electrons. The van der Waals surface area contributed by atoms with Gasteiger partial charge in [-0.1, -0.05) is 38.5 Å². The average Bonchev–Trinajstić information content (AvgIpc) is 3.78. The van der Waals surface area contributed by atoms with Crippen LogP contribution in [0.2, 0.25) is 0 Å². The van der Waals surface area contributed by atoms with E-state index in [0.29, 0.717) is 42.8 Å². The van der Waals surface area contributed by atoms with Gasteiger partial charge in [0, 0.05) is 36.4 Å². The van der Waals surface area contributed by atoms with Gasteiger partial charge in [-0.25, -0.2) is 9.37 Å². The van der Waals surface area contributed by atoms with Gasteiger partial charge in [0.05, 0.1) is 11.5 Å². The number of aryl methyl sites for hydroxylation is 1. The maximum Gasteiger partial charge on any atom is 0.309 e. The van der Waals surface area contributed by atoms with Crippen LogP contribution in [0.3, 0.4) is 0 Å². The number of rotatable bonds is 13. The number of nitrogens with one attached hydrogen (secondary N) is 2. The summed E-state index contributed by atoms with van der Waals surface area (Å²) in [6.45, 7) is 13.3. The van der Waals surface area contributed by atoms with Crippen molar-refractivity contribution in [1.82, 2.24) is 10.3 Å². The van der Waals surface area contributed by atoms with Gasteiger partial charge < -0.3 is 24.7 Å².